The minimum absolute atomic E-state index is 0.0129. The summed E-state index contributed by atoms with van der Waals surface area (Å²) in [7, 11) is 0. The lowest BCUT2D eigenvalue weighted by molar-refractivity contribution is 0.0689. The number of amides is 1. The Bertz CT molecular complexity index is 1630. The minimum atomic E-state index is -1.05. The lowest BCUT2D eigenvalue weighted by atomic mass is 9.82. The molecular weight excluding hydrogens is 506 g/mol. The van der Waals surface area contributed by atoms with E-state index in [2.05, 4.69) is 68.6 Å². The van der Waals surface area contributed by atoms with Gasteiger partial charge in [-0.3, -0.25) is 4.79 Å². The number of pyridine rings is 2. The number of fused-ring (bicyclic) bond motifs is 2. The highest BCUT2D eigenvalue weighted by atomic mass is 16.4. The van der Waals surface area contributed by atoms with Crippen LogP contribution >= 0.6 is 0 Å². The van der Waals surface area contributed by atoms with Crippen LogP contribution in [0.5, 0.6) is 0 Å². The number of carbonyl (C=O) groups is 2. The van der Waals surface area contributed by atoms with Crippen LogP contribution in [0.4, 0.5) is 11.5 Å². The molecule has 10 nitrogen and oxygen atoms in total. The molecule has 40 heavy (non-hydrogen) atoms. The van der Waals surface area contributed by atoms with Crippen molar-refractivity contribution in [1.82, 2.24) is 24.5 Å². The Morgan fingerprint density at radius 3 is 2.58 bits per heavy atom. The van der Waals surface area contributed by atoms with E-state index in [1.165, 1.54) is 11.6 Å². The van der Waals surface area contributed by atoms with Crippen LogP contribution < -0.4 is 10.2 Å². The Morgan fingerprint density at radius 1 is 1.05 bits per heavy atom. The monoisotopic (exact) mass is 537 g/mol. The molecule has 1 saturated carbocycles. The van der Waals surface area contributed by atoms with Crippen molar-refractivity contribution in [3.8, 4) is 0 Å². The SMILES string of the molecule is Cc1cc(N2CC[C@](C)(c3ccccc3)C2)cn2nc(C(=O)N3CC4C(C3)C4Nc3cccc(C(=O)O)n3)nc12. The highest BCUT2D eigenvalue weighted by molar-refractivity contribution is 5.91. The van der Waals surface area contributed by atoms with E-state index in [1.807, 2.05) is 18.0 Å². The number of aryl methyl sites for hydroxylation is 1. The van der Waals surface area contributed by atoms with Crippen LogP contribution in [0.15, 0.2) is 60.8 Å². The Balaban J connectivity index is 1.03. The maximum Gasteiger partial charge on any atom is 0.354 e. The normalized spacial score (nSPS) is 25.3. The lowest BCUT2D eigenvalue weighted by Gasteiger charge is -2.26. The number of likely N-dealkylation sites (tertiary alicyclic amines) is 1. The number of carboxylic acids is 1. The maximum atomic E-state index is 13.3. The van der Waals surface area contributed by atoms with E-state index < -0.39 is 5.97 Å². The van der Waals surface area contributed by atoms with Gasteiger partial charge in [-0.25, -0.2) is 19.3 Å². The molecule has 1 aliphatic carbocycles. The number of rotatable bonds is 6. The average molecular weight is 538 g/mol. The molecular formula is C30H31N7O3. The van der Waals surface area contributed by atoms with Gasteiger partial charge in [0.05, 0.1) is 11.9 Å². The maximum absolute atomic E-state index is 13.3. The Labute approximate surface area is 231 Å². The second-order valence-corrected chi connectivity index (χ2v) is 11.6. The zero-order valence-corrected chi connectivity index (χ0v) is 22.5. The summed E-state index contributed by atoms with van der Waals surface area (Å²) in [6, 6.07) is 17.9. The van der Waals surface area contributed by atoms with Crippen LogP contribution in [0.2, 0.25) is 0 Å². The zero-order chi connectivity index (χ0) is 27.6. The number of carboxylic acid groups (broad SMARTS) is 1. The van der Waals surface area contributed by atoms with E-state index in [0.29, 0.717) is 36.4 Å². The van der Waals surface area contributed by atoms with Crippen LogP contribution in [0.3, 0.4) is 0 Å². The molecule has 2 N–H and O–H groups in total. The van der Waals surface area contributed by atoms with Gasteiger partial charge in [-0.2, -0.15) is 0 Å². The van der Waals surface area contributed by atoms with Crippen molar-refractivity contribution in [1.29, 1.82) is 0 Å². The van der Waals surface area contributed by atoms with E-state index in [0.717, 1.165) is 30.8 Å². The van der Waals surface area contributed by atoms with Crippen LogP contribution in [0.1, 0.15) is 45.6 Å². The number of nitrogens with zero attached hydrogens (tertiary/aromatic N) is 6. The van der Waals surface area contributed by atoms with Gasteiger partial charge in [0.15, 0.2) is 11.3 Å². The second kappa shape index (κ2) is 9.04. The highest BCUT2D eigenvalue weighted by Crippen LogP contribution is 2.47. The number of hydrogen-bond acceptors (Lipinski definition) is 7. The van der Waals surface area contributed by atoms with Gasteiger partial charge in [-0.15, -0.1) is 5.10 Å². The van der Waals surface area contributed by atoms with Crippen LogP contribution in [-0.4, -0.2) is 73.7 Å². The van der Waals surface area contributed by atoms with Crippen molar-refractivity contribution in [2.45, 2.75) is 31.7 Å². The molecule has 204 valence electrons. The molecule has 3 aliphatic rings. The topological polar surface area (TPSA) is 116 Å². The molecule has 0 radical (unpaired) electrons. The minimum Gasteiger partial charge on any atom is -0.477 e. The Kier molecular flexibility index (Phi) is 5.55. The van der Waals surface area contributed by atoms with E-state index in [-0.39, 0.29) is 28.9 Å². The van der Waals surface area contributed by atoms with Crippen LogP contribution in [0.25, 0.3) is 5.65 Å². The largest absolute Gasteiger partial charge is 0.477 e. The number of aromatic carboxylic acids is 1. The standard InChI is InChI=1S/C30H31N7O3/c1-18-13-20(35-12-11-30(2,17-35)19-7-4-3-5-8-19)14-37-27(18)33-26(34-37)28(38)36-15-21-22(16-36)25(21)32-24-10-6-9-23(31-24)29(39)40/h3-10,13-14,21-22,25H,11-12,15-17H2,1-2H3,(H,31,32)(H,39,40)/t21?,22?,25?,30-/m0/s1. The summed E-state index contributed by atoms with van der Waals surface area (Å²) in [4.78, 5) is 37.5. The number of carbonyl (C=O) groups excluding carboxylic acids is 1. The fourth-order valence-electron chi connectivity index (χ4n) is 6.50. The average Bonchev–Trinajstić information content (AvgIpc) is 3.41. The summed E-state index contributed by atoms with van der Waals surface area (Å²) in [5.41, 5.74) is 4.23. The molecule has 10 heteroatoms. The molecule has 3 atom stereocenters. The first-order valence-electron chi connectivity index (χ1n) is 13.7. The fourth-order valence-corrected chi connectivity index (χ4v) is 6.50. The quantitative estimate of drug-likeness (QED) is 0.384. The zero-order valence-electron chi connectivity index (χ0n) is 22.5. The molecule has 1 aromatic carbocycles. The molecule has 4 aromatic rings. The number of nitrogens with one attached hydrogen (secondary N) is 1. The van der Waals surface area contributed by atoms with E-state index in [9.17, 15) is 14.7 Å². The summed E-state index contributed by atoms with van der Waals surface area (Å²) in [5.74, 6) is 0.173. The molecule has 0 bridgehead atoms. The summed E-state index contributed by atoms with van der Waals surface area (Å²) in [5, 5.41) is 17.1. The van der Waals surface area contributed by atoms with Crippen molar-refractivity contribution in [3.63, 3.8) is 0 Å². The third-order valence-electron chi connectivity index (χ3n) is 8.87. The van der Waals surface area contributed by atoms with Crippen LogP contribution in [0, 0.1) is 18.8 Å². The van der Waals surface area contributed by atoms with E-state index in [4.69, 9.17) is 0 Å². The lowest BCUT2D eigenvalue weighted by Crippen LogP contribution is -2.34. The molecule has 1 amide bonds. The van der Waals surface area contributed by atoms with E-state index >= 15 is 0 Å². The molecule has 7 rings (SSSR count). The smallest absolute Gasteiger partial charge is 0.354 e. The van der Waals surface area contributed by atoms with Gasteiger partial charge in [0.1, 0.15) is 5.82 Å². The number of piperidine rings is 1. The molecule has 5 heterocycles. The van der Waals surface area contributed by atoms with Crippen molar-refractivity contribution in [2.75, 3.05) is 36.4 Å². The molecule has 3 fully saturated rings. The molecule has 2 unspecified atom stereocenters. The summed E-state index contributed by atoms with van der Waals surface area (Å²) >= 11 is 0. The van der Waals surface area contributed by atoms with Gasteiger partial charge < -0.3 is 20.2 Å². The van der Waals surface area contributed by atoms with Gasteiger partial charge in [-0.1, -0.05) is 43.3 Å². The fraction of sp³-hybridized carbons (Fsp3) is 0.367. The van der Waals surface area contributed by atoms with Crippen molar-refractivity contribution < 1.29 is 14.7 Å². The third kappa shape index (κ3) is 4.14. The summed E-state index contributed by atoms with van der Waals surface area (Å²) in [6.45, 7) is 7.45. The predicted molar refractivity (Wildman–Crippen MR) is 150 cm³/mol. The highest BCUT2D eigenvalue weighted by Gasteiger charge is 2.57. The Hall–Kier alpha value is -4.47. The van der Waals surface area contributed by atoms with Crippen molar-refractivity contribution in [2.24, 2.45) is 11.8 Å². The molecule has 2 aliphatic heterocycles. The predicted octanol–water partition coefficient (Wildman–Crippen LogP) is 3.48. The second-order valence-electron chi connectivity index (χ2n) is 11.6. The molecule has 2 saturated heterocycles. The van der Waals surface area contributed by atoms with Gasteiger partial charge in [0.25, 0.3) is 5.91 Å². The van der Waals surface area contributed by atoms with Gasteiger partial charge >= 0.3 is 5.97 Å². The first kappa shape index (κ1) is 24.6. The summed E-state index contributed by atoms with van der Waals surface area (Å²) < 4.78 is 1.75. The first-order valence-corrected chi connectivity index (χ1v) is 13.7. The third-order valence-corrected chi connectivity index (χ3v) is 8.87. The van der Waals surface area contributed by atoms with Crippen molar-refractivity contribution >= 4 is 29.0 Å². The van der Waals surface area contributed by atoms with Gasteiger partial charge in [-0.05, 0) is 42.7 Å². The number of anilines is 2. The van der Waals surface area contributed by atoms with Crippen LogP contribution in [-0.2, 0) is 5.41 Å². The van der Waals surface area contributed by atoms with Gasteiger partial charge in [0.2, 0.25) is 5.82 Å². The first-order chi connectivity index (χ1) is 19.3. The number of aromatic nitrogens is 4. The number of hydrogen-bond donors (Lipinski definition) is 2. The molecule has 0 spiro atoms. The van der Waals surface area contributed by atoms with Gasteiger partial charge in [0, 0.05) is 49.5 Å². The molecule has 3 aromatic heterocycles. The van der Waals surface area contributed by atoms with Crippen molar-refractivity contribution in [3.05, 3.63) is 83.4 Å². The number of benzene rings is 1. The Morgan fingerprint density at radius 2 is 1.82 bits per heavy atom. The van der Waals surface area contributed by atoms with E-state index in [1.54, 1.807) is 16.6 Å². The summed E-state index contributed by atoms with van der Waals surface area (Å²) in [6.07, 6.45) is 3.06.